The second kappa shape index (κ2) is 8.97. The van der Waals surface area contributed by atoms with Gasteiger partial charge in [-0.25, -0.2) is 8.51 Å². The number of hydrogen-bond donors (Lipinski definition) is 0. The number of fused-ring (bicyclic) bond motifs is 1. The molecule has 0 spiro atoms. The summed E-state index contributed by atoms with van der Waals surface area (Å²) in [6.45, 7) is 9.76. The zero-order valence-corrected chi connectivity index (χ0v) is 17.5. The summed E-state index contributed by atoms with van der Waals surface area (Å²) < 4.78 is 24.9. The number of nitrogens with zero attached hydrogens (tertiary/aromatic N) is 1. The maximum Gasteiger partial charge on any atom is 0.307 e. The summed E-state index contributed by atoms with van der Waals surface area (Å²) in [7, 11) is -1.42. The first-order chi connectivity index (χ1) is 12.7. The maximum absolute atomic E-state index is 13.4. The first kappa shape index (κ1) is 21.6. The van der Waals surface area contributed by atoms with Crippen LogP contribution in [0.3, 0.4) is 0 Å². The second-order valence-corrected chi connectivity index (χ2v) is 9.54. The number of benzene rings is 1. The SMILES string of the molecule is CCOC(=O)C[C@H]1c2ccccc2[C@H](CC(=O)OCC)N1[S@](=O)C(C)(C)C. The summed E-state index contributed by atoms with van der Waals surface area (Å²) >= 11 is 0. The molecule has 1 heterocycles. The van der Waals surface area contributed by atoms with Crippen molar-refractivity contribution in [3.8, 4) is 0 Å². The third-order valence-corrected chi connectivity index (χ3v) is 6.31. The van der Waals surface area contributed by atoms with Gasteiger partial charge in [-0.2, -0.15) is 0 Å². The molecule has 0 amide bonds. The van der Waals surface area contributed by atoms with Crippen molar-refractivity contribution >= 4 is 22.9 Å². The van der Waals surface area contributed by atoms with E-state index in [1.54, 1.807) is 18.2 Å². The molecule has 2 rings (SSSR count). The number of carbonyl (C=O) groups excluding carboxylic acids is 2. The Morgan fingerprint density at radius 2 is 1.37 bits per heavy atom. The highest BCUT2D eigenvalue weighted by atomic mass is 32.2. The summed E-state index contributed by atoms with van der Waals surface area (Å²) in [6, 6.07) is 6.83. The van der Waals surface area contributed by atoms with Gasteiger partial charge in [0.05, 0.1) is 42.9 Å². The van der Waals surface area contributed by atoms with Gasteiger partial charge in [-0.15, -0.1) is 0 Å². The Morgan fingerprint density at radius 3 is 1.70 bits per heavy atom. The first-order valence-corrected chi connectivity index (χ1v) is 10.4. The standard InChI is InChI=1S/C20H29NO5S/c1-6-25-18(22)12-16-14-10-8-9-11-15(14)17(13-19(23)26-7-2)21(16)27(24)20(3,4)5/h8-11,16-17H,6-7,12-13H2,1-5H3/t16-,17-,27+/m0/s1. The molecule has 0 unspecified atom stereocenters. The second-order valence-electron chi connectivity index (χ2n) is 7.40. The fraction of sp³-hybridized carbons (Fsp3) is 0.600. The van der Waals surface area contributed by atoms with Gasteiger partial charge >= 0.3 is 11.9 Å². The van der Waals surface area contributed by atoms with Crippen molar-refractivity contribution in [3.63, 3.8) is 0 Å². The van der Waals surface area contributed by atoms with Gasteiger partial charge in [0.15, 0.2) is 0 Å². The smallest absolute Gasteiger partial charge is 0.307 e. The van der Waals surface area contributed by atoms with E-state index < -0.39 is 27.8 Å². The van der Waals surface area contributed by atoms with Crippen molar-refractivity contribution < 1.29 is 23.3 Å². The van der Waals surface area contributed by atoms with Crippen LogP contribution in [0.4, 0.5) is 0 Å². The fourth-order valence-electron chi connectivity index (χ4n) is 3.31. The lowest BCUT2D eigenvalue weighted by atomic mass is 9.99. The van der Waals surface area contributed by atoms with Crippen LogP contribution in [0.15, 0.2) is 24.3 Å². The average Bonchev–Trinajstić information content (AvgIpc) is 2.87. The summed E-state index contributed by atoms with van der Waals surface area (Å²) in [5.41, 5.74) is 1.83. The molecule has 1 aliphatic rings. The van der Waals surface area contributed by atoms with Gasteiger partial charge in [0, 0.05) is 0 Å². The van der Waals surface area contributed by atoms with Crippen LogP contribution in [0.5, 0.6) is 0 Å². The molecule has 6 nitrogen and oxygen atoms in total. The quantitative estimate of drug-likeness (QED) is 0.661. The number of ether oxygens (including phenoxy) is 2. The van der Waals surface area contributed by atoms with Crippen LogP contribution in [0.25, 0.3) is 0 Å². The Balaban J connectivity index is 2.47. The highest BCUT2D eigenvalue weighted by Crippen LogP contribution is 2.48. The van der Waals surface area contributed by atoms with Crippen LogP contribution in [-0.2, 0) is 30.0 Å². The minimum absolute atomic E-state index is 0.0893. The van der Waals surface area contributed by atoms with Crippen molar-refractivity contribution in [2.75, 3.05) is 13.2 Å². The normalized spacial score (nSPS) is 20.8. The largest absolute Gasteiger partial charge is 0.466 e. The van der Waals surface area contributed by atoms with Crippen molar-refractivity contribution in [3.05, 3.63) is 35.4 Å². The van der Waals surface area contributed by atoms with Crippen LogP contribution in [0, 0.1) is 0 Å². The number of esters is 2. The molecule has 0 aliphatic carbocycles. The molecule has 0 N–H and O–H groups in total. The maximum atomic E-state index is 13.4. The molecule has 0 bridgehead atoms. The number of carbonyl (C=O) groups is 2. The molecule has 150 valence electrons. The van der Waals surface area contributed by atoms with E-state index in [1.165, 1.54) is 0 Å². The molecular weight excluding hydrogens is 366 g/mol. The van der Waals surface area contributed by atoms with Crippen molar-refractivity contribution in [1.82, 2.24) is 4.31 Å². The topological polar surface area (TPSA) is 72.9 Å². The minimum atomic E-state index is -1.42. The van der Waals surface area contributed by atoms with Gasteiger partial charge in [-0.1, -0.05) is 24.3 Å². The van der Waals surface area contributed by atoms with E-state index in [1.807, 2.05) is 45.0 Å². The van der Waals surface area contributed by atoms with Gasteiger partial charge in [0.25, 0.3) is 0 Å². The lowest BCUT2D eigenvalue weighted by molar-refractivity contribution is -0.144. The Labute approximate surface area is 163 Å². The molecule has 1 aliphatic heterocycles. The monoisotopic (exact) mass is 395 g/mol. The molecule has 27 heavy (non-hydrogen) atoms. The fourth-order valence-corrected chi connectivity index (χ4v) is 4.78. The van der Waals surface area contributed by atoms with Gasteiger partial charge in [-0.3, -0.25) is 9.59 Å². The van der Waals surface area contributed by atoms with Crippen LogP contribution >= 0.6 is 0 Å². The molecule has 0 saturated carbocycles. The Bertz CT molecular complexity index is 666. The lowest BCUT2D eigenvalue weighted by Gasteiger charge is -2.34. The van der Waals surface area contributed by atoms with Crippen molar-refractivity contribution in [2.24, 2.45) is 0 Å². The zero-order chi connectivity index (χ0) is 20.2. The highest BCUT2D eigenvalue weighted by molar-refractivity contribution is 7.84. The van der Waals surface area contributed by atoms with Crippen molar-refractivity contribution in [2.45, 2.75) is 64.3 Å². The Morgan fingerprint density at radius 1 is 0.963 bits per heavy atom. The molecule has 1 aromatic rings. The third kappa shape index (κ3) is 4.96. The van der Waals surface area contributed by atoms with Crippen molar-refractivity contribution in [1.29, 1.82) is 0 Å². The van der Waals surface area contributed by atoms with E-state index in [0.29, 0.717) is 13.2 Å². The summed E-state index contributed by atoms with van der Waals surface area (Å²) in [5, 5.41) is 0. The van der Waals surface area contributed by atoms with Gasteiger partial charge in [0.1, 0.15) is 11.0 Å². The van der Waals surface area contributed by atoms with E-state index in [-0.39, 0.29) is 24.8 Å². The summed E-state index contributed by atoms with van der Waals surface area (Å²) in [5.74, 6) is -0.685. The zero-order valence-electron chi connectivity index (χ0n) is 16.7. The summed E-state index contributed by atoms with van der Waals surface area (Å²) in [4.78, 5) is 24.4. The molecule has 0 aromatic heterocycles. The highest BCUT2D eigenvalue weighted by Gasteiger charge is 2.46. The molecular formula is C20H29NO5S. The van der Waals surface area contributed by atoms with Gasteiger partial charge in [0.2, 0.25) is 0 Å². The predicted octanol–water partition coefficient (Wildman–Crippen LogP) is 3.45. The third-order valence-electron chi connectivity index (χ3n) is 4.37. The van der Waals surface area contributed by atoms with E-state index >= 15 is 0 Å². The lowest BCUT2D eigenvalue weighted by Crippen LogP contribution is -2.40. The Hall–Kier alpha value is -1.73. The predicted molar refractivity (Wildman–Crippen MR) is 104 cm³/mol. The number of hydrogen-bond acceptors (Lipinski definition) is 5. The van der Waals surface area contributed by atoms with Gasteiger partial charge < -0.3 is 9.47 Å². The molecule has 0 radical (unpaired) electrons. The van der Waals surface area contributed by atoms with Crippen LogP contribution in [0.2, 0.25) is 0 Å². The molecule has 0 saturated heterocycles. The Kier molecular flexibility index (Phi) is 7.17. The van der Waals surface area contributed by atoms with Crippen LogP contribution in [0.1, 0.15) is 70.7 Å². The molecule has 1 aromatic carbocycles. The first-order valence-electron chi connectivity index (χ1n) is 9.31. The van der Waals surface area contributed by atoms with E-state index in [2.05, 4.69) is 0 Å². The van der Waals surface area contributed by atoms with E-state index in [9.17, 15) is 13.8 Å². The molecule has 0 fully saturated rings. The van der Waals surface area contributed by atoms with Crippen LogP contribution in [-0.4, -0.2) is 38.4 Å². The molecule has 3 atom stereocenters. The number of rotatable bonds is 7. The van der Waals surface area contributed by atoms with E-state index in [0.717, 1.165) is 11.1 Å². The summed E-state index contributed by atoms with van der Waals surface area (Å²) in [6.07, 6.45) is 0.179. The van der Waals surface area contributed by atoms with E-state index in [4.69, 9.17) is 9.47 Å². The minimum Gasteiger partial charge on any atom is -0.466 e. The average molecular weight is 396 g/mol. The van der Waals surface area contributed by atoms with Gasteiger partial charge in [-0.05, 0) is 45.7 Å². The van der Waals surface area contributed by atoms with Crippen LogP contribution < -0.4 is 0 Å². The molecule has 7 heteroatoms.